The van der Waals surface area contributed by atoms with Gasteiger partial charge in [-0.25, -0.2) is 0 Å². The molecular formula is C14H14N2. The molecule has 16 heavy (non-hydrogen) atoms. The number of allylic oxidation sites excluding steroid dienone is 2. The highest BCUT2D eigenvalue weighted by molar-refractivity contribution is 5.99. The summed E-state index contributed by atoms with van der Waals surface area (Å²) in [6.45, 7) is 2.08. The molecule has 0 radical (unpaired) electrons. The number of aliphatic imine (C=N–C) groups is 1. The van der Waals surface area contributed by atoms with Gasteiger partial charge in [-0.05, 0) is 19.1 Å². The lowest BCUT2D eigenvalue weighted by molar-refractivity contribution is 0.739. The van der Waals surface area contributed by atoms with Gasteiger partial charge in [-0.2, -0.15) is 0 Å². The predicted molar refractivity (Wildman–Crippen MR) is 67.9 cm³/mol. The number of para-hydroxylation sites is 1. The Kier molecular flexibility index (Phi) is 2.13. The van der Waals surface area contributed by atoms with Crippen LogP contribution in [0, 0.1) is 0 Å². The Hall–Kier alpha value is -1.83. The van der Waals surface area contributed by atoms with Crippen LogP contribution >= 0.6 is 0 Å². The van der Waals surface area contributed by atoms with Gasteiger partial charge in [-0.15, -0.1) is 0 Å². The number of hydrogen-bond acceptors (Lipinski definition) is 2. The molecule has 1 aromatic carbocycles. The van der Waals surface area contributed by atoms with Crippen molar-refractivity contribution in [3.8, 4) is 0 Å². The summed E-state index contributed by atoms with van der Waals surface area (Å²) in [5.74, 6) is 1.09. The normalized spacial score (nSPS) is 26.8. The van der Waals surface area contributed by atoms with E-state index >= 15 is 0 Å². The molecule has 1 aliphatic heterocycles. The third-order valence-electron chi connectivity index (χ3n) is 3.09. The minimum absolute atomic E-state index is 0.283. The predicted octanol–water partition coefficient (Wildman–Crippen LogP) is 2.79. The fourth-order valence-electron chi connectivity index (χ4n) is 2.38. The molecule has 1 aromatic rings. The van der Waals surface area contributed by atoms with E-state index < -0.39 is 0 Å². The fourth-order valence-corrected chi connectivity index (χ4v) is 2.38. The first-order valence-corrected chi connectivity index (χ1v) is 5.60. The van der Waals surface area contributed by atoms with Gasteiger partial charge >= 0.3 is 0 Å². The summed E-state index contributed by atoms with van der Waals surface area (Å²) in [6.07, 6.45) is 8.56. The molecule has 1 heterocycles. The maximum absolute atomic E-state index is 4.67. The first-order valence-electron chi connectivity index (χ1n) is 5.60. The second-order valence-corrected chi connectivity index (χ2v) is 4.13. The van der Waals surface area contributed by atoms with Gasteiger partial charge in [0.1, 0.15) is 5.84 Å². The topological polar surface area (TPSA) is 15.6 Å². The SMILES string of the molecule is CC1=NC2C=CC=CC2N1c1ccccc1. The third kappa shape index (κ3) is 1.38. The van der Waals surface area contributed by atoms with Gasteiger partial charge in [-0.3, -0.25) is 4.99 Å². The molecule has 3 rings (SSSR count). The number of amidine groups is 1. The number of anilines is 1. The van der Waals surface area contributed by atoms with E-state index in [1.165, 1.54) is 5.69 Å². The molecule has 0 fully saturated rings. The average Bonchev–Trinajstić information content (AvgIpc) is 2.66. The van der Waals surface area contributed by atoms with Crippen molar-refractivity contribution in [3.05, 3.63) is 54.6 Å². The van der Waals surface area contributed by atoms with E-state index in [2.05, 4.69) is 65.4 Å². The molecule has 2 unspecified atom stereocenters. The number of benzene rings is 1. The molecule has 0 aromatic heterocycles. The van der Waals surface area contributed by atoms with Crippen molar-refractivity contribution in [3.63, 3.8) is 0 Å². The number of rotatable bonds is 1. The highest BCUT2D eigenvalue weighted by atomic mass is 15.3. The number of nitrogens with zero attached hydrogens (tertiary/aromatic N) is 2. The summed E-state index contributed by atoms with van der Waals surface area (Å²) in [6, 6.07) is 11.1. The van der Waals surface area contributed by atoms with Gasteiger partial charge in [0.2, 0.25) is 0 Å². The van der Waals surface area contributed by atoms with Crippen LogP contribution in [0.1, 0.15) is 6.92 Å². The van der Waals surface area contributed by atoms with E-state index in [-0.39, 0.29) is 6.04 Å². The second kappa shape index (κ2) is 3.63. The van der Waals surface area contributed by atoms with Crippen LogP contribution < -0.4 is 4.90 Å². The van der Waals surface area contributed by atoms with E-state index in [0.29, 0.717) is 6.04 Å². The largest absolute Gasteiger partial charge is 0.321 e. The van der Waals surface area contributed by atoms with Crippen molar-refractivity contribution < 1.29 is 0 Å². The molecule has 2 nitrogen and oxygen atoms in total. The van der Waals surface area contributed by atoms with Gasteiger partial charge in [0, 0.05) is 5.69 Å². The molecule has 0 spiro atoms. The third-order valence-corrected chi connectivity index (χ3v) is 3.09. The van der Waals surface area contributed by atoms with E-state index in [9.17, 15) is 0 Å². The molecule has 0 N–H and O–H groups in total. The molecule has 2 aliphatic rings. The molecule has 0 saturated heterocycles. The van der Waals surface area contributed by atoms with E-state index in [4.69, 9.17) is 0 Å². The molecule has 2 heteroatoms. The molecule has 1 aliphatic carbocycles. The second-order valence-electron chi connectivity index (χ2n) is 4.13. The first kappa shape index (κ1) is 9.40. The summed E-state index contributed by atoms with van der Waals surface area (Å²) in [5, 5.41) is 0. The first-order chi connectivity index (χ1) is 7.86. The average molecular weight is 210 g/mol. The molecule has 0 bridgehead atoms. The zero-order valence-electron chi connectivity index (χ0n) is 9.25. The standard InChI is InChI=1S/C14H14N2/c1-11-15-13-9-5-6-10-14(13)16(11)12-7-3-2-4-8-12/h2-10,13-14H,1H3. The van der Waals surface area contributed by atoms with Crippen LogP contribution in [0.2, 0.25) is 0 Å². The Morgan fingerprint density at radius 3 is 2.62 bits per heavy atom. The van der Waals surface area contributed by atoms with E-state index in [1.54, 1.807) is 0 Å². The summed E-state index contributed by atoms with van der Waals surface area (Å²) in [4.78, 5) is 6.97. The Morgan fingerprint density at radius 1 is 1.06 bits per heavy atom. The maximum Gasteiger partial charge on any atom is 0.102 e. The van der Waals surface area contributed by atoms with E-state index in [0.717, 1.165) is 5.84 Å². The van der Waals surface area contributed by atoms with Crippen molar-refractivity contribution in [2.24, 2.45) is 4.99 Å². The highest BCUT2D eigenvalue weighted by Gasteiger charge is 2.32. The van der Waals surface area contributed by atoms with Crippen LogP contribution in [0.15, 0.2) is 59.6 Å². The molecule has 2 atom stereocenters. The van der Waals surface area contributed by atoms with Gasteiger partial charge in [0.25, 0.3) is 0 Å². The van der Waals surface area contributed by atoms with Crippen molar-refractivity contribution in [1.29, 1.82) is 0 Å². The van der Waals surface area contributed by atoms with Crippen LogP contribution in [-0.2, 0) is 0 Å². The van der Waals surface area contributed by atoms with Crippen LogP contribution in [-0.4, -0.2) is 17.9 Å². The van der Waals surface area contributed by atoms with Crippen molar-refractivity contribution in [2.45, 2.75) is 19.0 Å². The zero-order chi connectivity index (χ0) is 11.0. The number of fused-ring (bicyclic) bond motifs is 1. The molecular weight excluding hydrogens is 196 g/mol. The Bertz CT molecular complexity index is 471. The van der Waals surface area contributed by atoms with Gasteiger partial charge in [-0.1, -0.05) is 42.5 Å². The lowest BCUT2D eigenvalue weighted by Crippen LogP contribution is -2.37. The van der Waals surface area contributed by atoms with Gasteiger partial charge in [0.05, 0.1) is 12.1 Å². The highest BCUT2D eigenvalue weighted by Crippen LogP contribution is 2.28. The monoisotopic (exact) mass is 210 g/mol. The van der Waals surface area contributed by atoms with Crippen LogP contribution in [0.3, 0.4) is 0 Å². The Balaban J connectivity index is 2.00. The fraction of sp³-hybridized carbons (Fsp3) is 0.214. The van der Waals surface area contributed by atoms with E-state index in [1.807, 2.05) is 6.07 Å². The summed E-state index contributed by atoms with van der Waals surface area (Å²) < 4.78 is 0. The zero-order valence-corrected chi connectivity index (χ0v) is 9.25. The smallest absolute Gasteiger partial charge is 0.102 e. The van der Waals surface area contributed by atoms with Gasteiger partial charge in [0.15, 0.2) is 0 Å². The van der Waals surface area contributed by atoms with Gasteiger partial charge < -0.3 is 4.90 Å². The summed E-state index contributed by atoms with van der Waals surface area (Å²) in [7, 11) is 0. The van der Waals surface area contributed by atoms with Crippen molar-refractivity contribution in [2.75, 3.05) is 4.90 Å². The number of hydrogen-bond donors (Lipinski definition) is 0. The summed E-state index contributed by atoms with van der Waals surface area (Å²) >= 11 is 0. The lowest BCUT2D eigenvalue weighted by atomic mass is 10.0. The minimum Gasteiger partial charge on any atom is -0.321 e. The minimum atomic E-state index is 0.283. The lowest BCUT2D eigenvalue weighted by Gasteiger charge is -2.27. The Morgan fingerprint density at radius 2 is 1.81 bits per heavy atom. The van der Waals surface area contributed by atoms with Crippen LogP contribution in [0.25, 0.3) is 0 Å². The molecule has 0 saturated carbocycles. The quantitative estimate of drug-likeness (QED) is 0.696. The van der Waals surface area contributed by atoms with Crippen LogP contribution in [0.4, 0.5) is 5.69 Å². The van der Waals surface area contributed by atoms with Crippen molar-refractivity contribution >= 4 is 11.5 Å². The Labute approximate surface area is 95.6 Å². The maximum atomic E-state index is 4.67. The molecule has 0 amide bonds. The van der Waals surface area contributed by atoms with Crippen molar-refractivity contribution in [1.82, 2.24) is 0 Å². The summed E-state index contributed by atoms with van der Waals surface area (Å²) in [5.41, 5.74) is 1.22. The molecule has 80 valence electrons. The van der Waals surface area contributed by atoms with Crippen LogP contribution in [0.5, 0.6) is 0 Å².